The van der Waals surface area contributed by atoms with E-state index in [1.165, 1.54) is 7.11 Å². The molecule has 0 spiro atoms. The normalized spacial score (nSPS) is 14.3. The number of carbonyl (C=O) groups is 3. The van der Waals surface area contributed by atoms with Gasteiger partial charge in [0.25, 0.3) is 0 Å². The summed E-state index contributed by atoms with van der Waals surface area (Å²) in [6.45, 7) is 11.2. The minimum atomic E-state index is -0.750. The quantitative estimate of drug-likeness (QED) is 0.375. The molecule has 3 N–H and O–H groups in total. The molecule has 8 heteroatoms. The lowest BCUT2D eigenvalue weighted by molar-refractivity contribution is -0.145. The monoisotopic (exact) mass is 415 g/mol. The molecule has 0 unspecified atom stereocenters. The molecule has 0 aliphatic rings. The van der Waals surface area contributed by atoms with Crippen molar-refractivity contribution < 1.29 is 28.7 Å². The lowest BCUT2D eigenvalue weighted by Gasteiger charge is -2.25. The Morgan fingerprint density at radius 1 is 1.07 bits per heavy atom. The van der Waals surface area contributed by atoms with Crippen LogP contribution < -0.4 is 10.6 Å². The van der Waals surface area contributed by atoms with Gasteiger partial charge in [-0.1, -0.05) is 33.6 Å². The average molecular weight is 416 g/mol. The maximum absolute atomic E-state index is 12.7. The molecule has 0 aromatic rings. The van der Waals surface area contributed by atoms with Crippen LogP contribution in [0.5, 0.6) is 0 Å². The second-order valence-corrected chi connectivity index (χ2v) is 8.27. The molecule has 0 aromatic carbocycles. The van der Waals surface area contributed by atoms with Crippen LogP contribution in [0.15, 0.2) is 0 Å². The molecule has 0 aliphatic heterocycles. The van der Waals surface area contributed by atoms with Gasteiger partial charge in [-0.15, -0.1) is 0 Å². The van der Waals surface area contributed by atoms with E-state index in [-0.39, 0.29) is 30.6 Å². The Bertz CT molecular complexity index is 556. The molecule has 0 radical (unpaired) electrons. The largest absolute Gasteiger partial charge is 0.483 e. The lowest BCUT2D eigenvalue weighted by Crippen LogP contribution is -2.54. The van der Waals surface area contributed by atoms with Gasteiger partial charge in [-0.3, -0.25) is 9.59 Å². The van der Waals surface area contributed by atoms with Gasteiger partial charge in [0.05, 0.1) is 7.11 Å². The van der Waals surface area contributed by atoms with Crippen LogP contribution >= 0.6 is 0 Å². The van der Waals surface area contributed by atoms with Gasteiger partial charge in [0.15, 0.2) is 5.60 Å². The first kappa shape index (κ1) is 26.9. The van der Waals surface area contributed by atoms with Crippen molar-refractivity contribution in [3.05, 3.63) is 0 Å². The van der Waals surface area contributed by atoms with Crippen LogP contribution in [0.4, 0.5) is 0 Å². The first-order valence-corrected chi connectivity index (χ1v) is 10.4. The molecule has 0 heterocycles. The van der Waals surface area contributed by atoms with Gasteiger partial charge in [0.2, 0.25) is 11.8 Å². The maximum Gasteiger partial charge on any atom is 0.483 e. The summed E-state index contributed by atoms with van der Waals surface area (Å²) in [5.41, 5.74) is -0.499. The zero-order chi connectivity index (χ0) is 22.6. The van der Waals surface area contributed by atoms with Crippen molar-refractivity contribution in [1.29, 1.82) is 0 Å². The van der Waals surface area contributed by atoms with Crippen LogP contribution in [-0.4, -0.2) is 53.3 Å². The molecule has 0 saturated heterocycles. The van der Waals surface area contributed by atoms with Crippen molar-refractivity contribution in [3.63, 3.8) is 0 Å². The van der Waals surface area contributed by atoms with Crippen LogP contribution in [0.3, 0.4) is 0 Å². The Hall–Kier alpha value is -2.12. The lowest BCUT2D eigenvalue weighted by atomic mass is 9.97. The van der Waals surface area contributed by atoms with Gasteiger partial charge in [0.1, 0.15) is 18.5 Å². The predicted octanol–water partition coefficient (Wildman–Crippen LogP) is 2.46. The zero-order valence-corrected chi connectivity index (χ0v) is 19.0. The molecule has 8 nitrogen and oxygen atoms in total. The molecule has 0 saturated carbocycles. The number of amides is 2. The number of methoxy groups -OCH3 is 1. The summed E-state index contributed by atoms with van der Waals surface area (Å²) in [6.07, 6.45) is 2.63. The molecule has 3 atom stereocenters. The van der Waals surface area contributed by atoms with E-state index in [4.69, 9.17) is 9.47 Å². The highest BCUT2D eigenvalue weighted by atomic mass is 16.6. The van der Waals surface area contributed by atoms with Crippen LogP contribution in [0.25, 0.3) is 0 Å². The summed E-state index contributed by atoms with van der Waals surface area (Å²) < 4.78 is 10.1. The summed E-state index contributed by atoms with van der Waals surface area (Å²) >= 11 is 0. The van der Waals surface area contributed by atoms with Crippen molar-refractivity contribution in [2.75, 3.05) is 7.11 Å². The van der Waals surface area contributed by atoms with E-state index in [1.807, 2.05) is 41.5 Å². The third kappa shape index (κ3) is 11.5. The van der Waals surface area contributed by atoms with Crippen molar-refractivity contribution in [1.82, 2.24) is 10.6 Å². The topological polar surface area (TPSA) is 115 Å². The van der Waals surface area contributed by atoms with Gasteiger partial charge in [0, 0.05) is 27.2 Å². The molecule has 0 bridgehead atoms. The fourth-order valence-electron chi connectivity index (χ4n) is 2.69. The van der Waals surface area contributed by atoms with E-state index in [1.54, 1.807) is 0 Å². The summed E-state index contributed by atoms with van der Waals surface area (Å²) in [6, 6.07) is -1.48. The van der Waals surface area contributed by atoms with Gasteiger partial charge in [-0.2, -0.15) is 0 Å². The molecule has 2 amide bonds. The van der Waals surface area contributed by atoms with Crippen molar-refractivity contribution in [3.8, 4) is 0 Å². The van der Waals surface area contributed by atoms with E-state index in [2.05, 4.69) is 10.6 Å². The van der Waals surface area contributed by atoms with Gasteiger partial charge in [-0.25, -0.2) is 4.79 Å². The molecular formula is C21H39N2O6+. The van der Waals surface area contributed by atoms with E-state index < -0.39 is 29.6 Å². The first-order valence-electron chi connectivity index (χ1n) is 10.4. The molecule has 0 aromatic heterocycles. The van der Waals surface area contributed by atoms with Crippen molar-refractivity contribution in [2.45, 2.75) is 97.8 Å². The number of ether oxygens (including phenoxy) is 2. The number of carbonyl (C=O) groups excluding carboxylic acids is 4. The summed E-state index contributed by atoms with van der Waals surface area (Å²) in [7, 11) is 1.28. The Morgan fingerprint density at radius 3 is 2.17 bits per heavy atom. The number of rotatable bonds is 12. The van der Waals surface area contributed by atoms with Crippen LogP contribution in [0, 0.1) is 5.92 Å². The Labute approximate surface area is 174 Å². The highest BCUT2D eigenvalue weighted by Crippen LogP contribution is 2.12. The molecule has 0 aliphatic carbocycles. The minimum Gasteiger partial charge on any atom is -0.467 e. The summed E-state index contributed by atoms with van der Waals surface area (Å²) in [4.78, 5) is 46.7. The van der Waals surface area contributed by atoms with Crippen LogP contribution in [0.1, 0.15) is 80.1 Å². The Balaban J connectivity index is 4.81. The van der Waals surface area contributed by atoms with E-state index in [9.17, 15) is 19.2 Å². The highest BCUT2D eigenvalue weighted by Gasteiger charge is 2.30. The van der Waals surface area contributed by atoms with Crippen LogP contribution in [-0.2, 0) is 23.9 Å². The third-order valence-corrected chi connectivity index (χ3v) is 4.41. The highest BCUT2D eigenvalue weighted by molar-refractivity contribution is 5.91. The second kappa shape index (κ2) is 13.2. The van der Waals surface area contributed by atoms with E-state index in [0.29, 0.717) is 25.7 Å². The third-order valence-electron chi connectivity index (χ3n) is 4.41. The molecule has 0 fully saturated rings. The van der Waals surface area contributed by atoms with Gasteiger partial charge >= 0.3 is 11.9 Å². The van der Waals surface area contributed by atoms with Crippen molar-refractivity contribution >= 4 is 23.8 Å². The SMILES string of the molecule is CCC[C@H](NC(=O)[C@@H](NC(=O)CCCC(=[OH+])OC(C)(C)C)[C@@H](C)CC)C(=O)OC. The van der Waals surface area contributed by atoms with Gasteiger partial charge < -0.3 is 24.9 Å². The number of esters is 2. The standard InChI is InChI=1S/C21H38N2O6/c1-8-11-15(20(27)28-7)22-19(26)18(14(3)9-2)23-16(24)12-10-13-17(25)29-21(4,5)6/h14-15,18H,8-13H2,1-7H3,(H,22,26)(H,23,24)/p+1/t14-,15-,18-/m0/s1. The summed E-state index contributed by atoms with van der Waals surface area (Å²) in [5.74, 6) is -1.41. The first-order chi connectivity index (χ1) is 13.4. The molecular weight excluding hydrogens is 376 g/mol. The Kier molecular flexibility index (Phi) is 12.2. The minimum absolute atomic E-state index is 0.108. The van der Waals surface area contributed by atoms with E-state index >= 15 is 0 Å². The smallest absolute Gasteiger partial charge is 0.467 e. The van der Waals surface area contributed by atoms with Crippen LogP contribution in [0.2, 0.25) is 0 Å². The fraction of sp³-hybridized carbons (Fsp3) is 0.810. The average Bonchev–Trinajstić information content (AvgIpc) is 2.62. The predicted molar refractivity (Wildman–Crippen MR) is 112 cm³/mol. The zero-order valence-electron chi connectivity index (χ0n) is 19.0. The second-order valence-electron chi connectivity index (χ2n) is 8.27. The van der Waals surface area contributed by atoms with Gasteiger partial charge in [-0.05, 0) is 18.8 Å². The summed E-state index contributed by atoms with van der Waals surface area (Å²) in [5, 5.41) is 5.46. The number of hydrogen-bond donors (Lipinski definition) is 2. The number of nitrogens with one attached hydrogen (secondary N) is 2. The Morgan fingerprint density at radius 2 is 1.69 bits per heavy atom. The maximum atomic E-state index is 12.7. The van der Waals surface area contributed by atoms with E-state index in [0.717, 1.165) is 0 Å². The molecule has 0 rings (SSSR count). The number of hydrogen-bond acceptors (Lipinski definition) is 5. The molecule has 29 heavy (non-hydrogen) atoms. The fourth-order valence-corrected chi connectivity index (χ4v) is 2.69. The van der Waals surface area contributed by atoms with Crippen molar-refractivity contribution in [2.24, 2.45) is 5.92 Å². The molecule has 168 valence electrons.